The van der Waals surface area contributed by atoms with Gasteiger partial charge in [-0.1, -0.05) is 33.1 Å². The molecule has 144 valence electrons. The predicted octanol–water partition coefficient (Wildman–Crippen LogP) is 2.26. The number of ether oxygens (including phenoxy) is 1. The van der Waals surface area contributed by atoms with E-state index in [1.165, 1.54) is 0 Å². The van der Waals surface area contributed by atoms with Crippen molar-refractivity contribution in [1.29, 1.82) is 0 Å². The van der Waals surface area contributed by atoms with Crippen LogP contribution in [0.4, 0.5) is 0 Å². The third-order valence-electron chi connectivity index (χ3n) is 5.16. The zero-order valence-corrected chi connectivity index (χ0v) is 15.9. The molecular weight excluding hydrogens is 332 g/mol. The summed E-state index contributed by atoms with van der Waals surface area (Å²) in [6.45, 7) is 3.78. The molecule has 1 aromatic rings. The summed E-state index contributed by atoms with van der Waals surface area (Å²) < 4.78 is 5.12. The number of nitrogens with one attached hydrogen (secondary N) is 2. The SMILES string of the molecule is COc1ccc(C(=O)NC2(C(=O)N[C@H](CO)C(C)C)CCCCC2)cc1. The quantitative estimate of drug-likeness (QED) is 0.694. The van der Waals surface area contributed by atoms with Crippen molar-refractivity contribution in [3.63, 3.8) is 0 Å². The van der Waals surface area contributed by atoms with Gasteiger partial charge in [0.25, 0.3) is 5.91 Å². The van der Waals surface area contributed by atoms with Crippen LogP contribution in [-0.2, 0) is 4.79 Å². The molecule has 0 saturated heterocycles. The van der Waals surface area contributed by atoms with Gasteiger partial charge in [0, 0.05) is 5.56 Å². The minimum Gasteiger partial charge on any atom is -0.497 e. The molecule has 6 nitrogen and oxygen atoms in total. The van der Waals surface area contributed by atoms with Crippen molar-refractivity contribution in [1.82, 2.24) is 10.6 Å². The van der Waals surface area contributed by atoms with E-state index >= 15 is 0 Å². The summed E-state index contributed by atoms with van der Waals surface area (Å²) in [6.07, 6.45) is 4.05. The van der Waals surface area contributed by atoms with Crippen LogP contribution < -0.4 is 15.4 Å². The number of benzene rings is 1. The molecule has 26 heavy (non-hydrogen) atoms. The van der Waals surface area contributed by atoms with Gasteiger partial charge in [0.15, 0.2) is 0 Å². The zero-order chi connectivity index (χ0) is 19.2. The van der Waals surface area contributed by atoms with Gasteiger partial charge in [-0.25, -0.2) is 0 Å². The number of hydrogen-bond acceptors (Lipinski definition) is 4. The number of carbonyl (C=O) groups excluding carboxylic acids is 2. The maximum absolute atomic E-state index is 13.0. The molecule has 1 aromatic carbocycles. The Kier molecular flexibility index (Phi) is 7.03. The molecule has 1 saturated carbocycles. The van der Waals surface area contributed by atoms with Crippen molar-refractivity contribution >= 4 is 11.8 Å². The van der Waals surface area contributed by atoms with E-state index in [2.05, 4.69) is 10.6 Å². The molecule has 0 heterocycles. The highest BCUT2D eigenvalue weighted by atomic mass is 16.5. The molecule has 0 radical (unpaired) electrons. The Labute approximate surface area is 155 Å². The van der Waals surface area contributed by atoms with E-state index < -0.39 is 5.54 Å². The topological polar surface area (TPSA) is 87.7 Å². The summed E-state index contributed by atoms with van der Waals surface area (Å²) in [6, 6.07) is 6.51. The van der Waals surface area contributed by atoms with Gasteiger partial charge in [0.05, 0.1) is 19.8 Å². The molecule has 2 rings (SSSR count). The first-order chi connectivity index (χ1) is 12.4. The lowest BCUT2D eigenvalue weighted by atomic mass is 9.80. The summed E-state index contributed by atoms with van der Waals surface area (Å²) >= 11 is 0. The lowest BCUT2D eigenvalue weighted by molar-refractivity contribution is -0.130. The van der Waals surface area contributed by atoms with Gasteiger partial charge in [-0.3, -0.25) is 9.59 Å². The summed E-state index contributed by atoms with van der Waals surface area (Å²) in [7, 11) is 1.57. The Morgan fingerprint density at radius 2 is 1.77 bits per heavy atom. The van der Waals surface area contributed by atoms with Crippen LogP contribution in [0.15, 0.2) is 24.3 Å². The lowest BCUT2D eigenvalue weighted by Crippen LogP contribution is -2.62. The van der Waals surface area contributed by atoms with Crippen molar-refractivity contribution in [2.75, 3.05) is 13.7 Å². The molecule has 1 atom stereocenters. The molecule has 1 aliphatic carbocycles. The highest BCUT2D eigenvalue weighted by Gasteiger charge is 2.41. The molecular formula is C20H30N2O4. The van der Waals surface area contributed by atoms with Gasteiger partial charge < -0.3 is 20.5 Å². The van der Waals surface area contributed by atoms with Gasteiger partial charge in [-0.15, -0.1) is 0 Å². The fraction of sp³-hybridized carbons (Fsp3) is 0.600. The molecule has 6 heteroatoms. The fourth-order valence-electron chi connectivity index (χ4n) is 3.33. The van der Waals surface area contributed by atoms with E-state index in [0.29, 0.717) is 24.2 Å². The van der Waals surface area contributed by atoms with E-state index in [1.807, 2.05) is 13.8 Å². The second-order valence-corrected chi connectivity index (χ2v) is 7.33. The Balaban J connectivity index is 2.17. The average Bonchev–Trinajstić information content (AvgIpc) is 2.66. The molecule has 0 aromatic heterocycles. The number of hydrogen-bond donors (Lipinski definition) is 3. The monoisotopic (exact) mass is 362 g/mol. The summed E-state index contributed by atoms with van der Waals surface area (Å²) in [4.78, 5) is 25.7. The minimum atomic E-state index is -0.919. The first-order valence-electron chi connectivity index (χ1n) is 9.30. The van der Waals surface area contributed by atoms with E-state index in [4.69, 9.17) is 4.74 Å². The Hall–Kier alpha value is -2.08. The van der Waals surface area contributed by atoms with Crippen LogP contribution in [0, 0.1) is 5.92 Å². The second kappa shape index (κ2) is 9.03. The zero-order valence-electron chi connectivity index (χ0n) is 15.9. The van der Waals surface area contributed by atoms with Crippen molar-refractivity contribution in [2.45, 2.75) is 57.5 Å². The second-order valence-electron chi connectivity index (χ2n) is 7.33. The lowest BCUT2D eigenvalue weighted by Gasteiger charge is -2.38. The highest BCUT2D eigenvalue weighted by molar-refractivity contribution is 5.99. The predicted molar refractivity (Wildman–Crippen MR) is 100 cm³/mol. The molecule has 0 spiro atoms. The number of methoxy groups -OCH3 is 1. The fourth-order valence-corrected chi connectivity index (χ4v) is 3.33. The van der Waals surface area contributed by atoms with E-state index in [0.717, 1.165) is 19.3 Å². The Morgan fingerprint density at radius 3 is 2.27 bits per heavy atom. The van der Waals surface area contributed by atoms with Crippen LogP contribution in [0.2, 0.25) is 0 Å². The molecule has 0 bridgehead atoms. The van der Waals surface area contributed by atoms with Gasteiger partial charge in [-0.2, -0.15) is 0 Å². The van der Waals surface area contributed by atoms with Crippen LogP contribution in [0.3, 0.4) is 0 Å². The number of rotatable bonds is 7. The van der Waals surface area contributed by atoms with Crippen molar-refractivity contribution in [2.24, 2.45) is 5.92 Å². The number of carbonyl (C=O) groups is 2. The first kappa shape index (κ1) is 20.2. The van der Waals surface area contributed by atoms with E-state index in [1.54, 1.807) is 31.4 Å². The van der Waals surface area contributed by atoms with Crippen molar-refractivity contribution in [3.05, 3.63) is 29.8 Å². The summed E-state index contributed by atoms with van der Waals surface area (Å²) in [5.41, 5.74) is -0.427. The van der Waals surface area contributed by atoms with E-state index in [-0.39, 0.29) is 30.4 Å². The third-order valence-corrected chi connectivity index (χ3v) is 5.16. The maximum Gasteiger partial charge on any atom is 0.252 e. The van der Waals surface area contributed by atoms with Crippen LogP contribution >= 0.6 is 0 Å². The third kappa shape index (κ3) is 4.75. The Bertz CT molecular complexity index is 607. The van der Waals surface area contributed by atoms with E-state index in [9.17, 15) is 14.7 Å². The van der Waals surface area contributed by atoms with Gasteiger partial charge in [0.2, 0.25) is 5.91 Å². The van der Waals surface area contributed by atoms with Crippen molar-refractivity contribution < 1.29 is 19.4 Å². The summed E-state index contributed by atoms with van der Waals surface area (Å²) in [5.74, 6) is 0.317. The van der Waals surface area contributed by atoms with Crippen LogP contribution in [0.5, 0.6) is 5.75 Å². The van der Waals surface area contributed by atoms with Crippen LogP contribution in [0.1, 0.15) is 56.3 Å². The van der Waals surface area contributed by atoms with Gasteiger partial charge in [0.1, 0.15) is 11.3 Å². The number of amides is 2. The number of aliphatic hydroxyl groups is 1. The van der Waals surface area contributed by atoms with Gasteiger partial charge in [-0.05, 0) is 43.0 Å². The molecule has 2 amide bonds. The standard InChI is InChI=1S/C20H30N2O4/c1-14(2)17(13-23)21-19(25)20(11-5-4-6-12-20)22-18(24)15-7-9-16(26-3)10-8-15/h7-10,14,17,23H,4-6,11-13H2,1-3H3,(H,21,25)(H,22,24)/t17-/m1/s1. The number of aliphatic hydroxyl groups excluding tert-OH is 1. The molecule has 0 unspecified atom stereocenters. The highest BCUT2D eigenvalue weighted by Crippen LogP contribution is 2.29. The first-order valence-corrected chi connectivity index (χ1v) is 9.30. The molecule has 0 aliphatic heterocycles. The normalized spacial score (nSPS) is 17.4. The van der Waals surface area contributed by atoms with Crippen LogP contribution in [-0.4, -0.2) is 42.2 Å². The largest absolute Gasteiger partial charge is 0.497 e. The van der Waals surface area contributed by atoms with Crippen molar-refractivity contribution in [3.8, 4) is 5.75 Å². The molecule has 1 fully saturated rings. The Morgan fingerprint density at radius 1 is 1.15 bits per heavy atom. The smallest absolute Gasteiger partial charge is 0.252 e. The minimum absolute atomic E-state index is 0.113. The molecule has 3 N–H and O–H groups in total. The average molecular weight is 362 g/mol. The van der Waals surface area contributed by atoms with Gasteiger partial charge >= 0.3 is 0 Å². The molecule has 1 aliphatic rings. The maximum atomic E-state index is 13.0. The van der Waals surface area contributed by atoms with Crippen LogP contribution in [0.25, 0.3) is 0 Å². The summed E-state index contributed by atoms with van der Waals surface area (Å²) in [5, 5.41) is 15.4.